The highest BCUT2D eigenvalue weighted by Gasteiger charge is 2.20. The Kier molecular flexibility index (Phi) is 9.76. The average Bonchev–Trinajstić information content (AvgIpc) is 3.25. The van der Waals surface area contributed by atoms with Crippen LogP contribution >= 0.6 is 0 Å². The molecule has 0 saturated carbocycles. The molecule has 2 atom stereocenters. The topological polar surface area (TPSA) is 58.1 Å². The van der Waals surface area contributed by atoms with Crippen LogP contribution < -0.4 is 10.6 Å². The lowest BCUT2D eigenvalue weighted by molar-refractivity contribution is 0.0893. The fourth-order valence-corrected chi connectivity index (χ4v) is 3.99. The zero-order valence-electron chi connectivity index (χ0n) is 17.9. The minimum Gasteiger partial charge on any atom is -0.381 e. The van der Waals surface area contributed by atoms with Crippen LogP contribution in [0.15, 0.2) is 35.3 Å². The van der Waals surface area contributed by atoms with Gasteiger partial charge in [-0.3, -0.25) is 9.89 Å². The third-order valence-electron chi connectivity index (χ3n) is 5.53. The molecule has 6 heteroatoms. The Hall–Kier alpha value is -1.63. The number of ether oxygens (including phenoxy) is 2. The lowest BCUT2D eigenvalue weighted by atomic mass is 10.0. The van der Waals surface area contributed by atoms with Gasteiger partial charge in [-0.05, 0) is 44.7 Å². The third kappa shape index (κ3) is 8.33. The quantitative estimate of drug-likeness (QED) is 0.358. The van der Waals surface area contributed by atoms with Crippen LogP contribution in [0.5, 0.6) is 0 Å². The molecular weight excluding hydrogens is 364 g/mol. The summed E-state index contributed by atoms with van der Waals surface area (Å²) in [5.41, 5.74) is 1.39. The van der Waals surface area contributed by atoms with Gasteiger partial charge in [0.05, 0.1) is 13.2 Å². The monoisotopic (exact) mass is 402 g/mol. The Morgan fingerprint density at radius 3 is 2.97 bits per heavy atom. The van der Waals surface area contributed by atoms with Gasteiger partial charge in [0.25, 0.3) is 0 Å². The number of aliphatic imine (C=N–C) groups is 1. The van der Waals surface area contributed by atoms with E-state index in [1.54, 1.807) is 0 Å². The molecule has 0 aliphatic carbocycles. The Morgan fingerprint density at radius 2 is 2.17 bits per heavy atom. The number of piperidine rings is 1. The van der Waals surface area contributed by atoms with E-state index in [2.05, 4.69) is 52.8 Å². The molecule has 2 heterocycles. The highest BCUT2D eigenvalue weighted by molar-refractivity contribution is 5.80. The average molecular weight is 403 g/mol. The van der Waals surface area contributed by atoms with Gasteiger partial charge < -0.3 is 20.1 Å². The summed E-state index contributed by atoms with van der Waals surface area (Å²) >= 11 is 0. The molecule has 2 aliphatic rings. The largest absolute Gasteiger partial charge is 0.381 e. The molecule has 3 rings (SSSR count). The molecule has 29 heavy (non-hydrogen) atoms. The van der Waals surface area contributed by atoms with Crippen molar-refractivity contribution in [3.63, 3.8) is 0 Å². The molecule has 0 radical (unpaired) electrons. The zero-order chi connectivity index (χ0) is 20.2. The highest BCUT2D eigenvalue weighted by Crippen LogP contribution is 2.14. The summed E-state index contributed by atoms with van der Waals surface area (Å²) in [6.07, 6.45) is 4.51. The van der Waals surface area contributed by atoms with Gasteiger partial charge in [-0.2, -0.15) is 0 Å². The van der Waals surface area contributed by atoms with Crippen molar-refractivity contribution in [3.8, 4) is 0 Å². The van der Waals surface area contributed by atoms with Gasteiger partial charge in [0, 0.05) is 51.4 Å². The second kappa shape index (κ2) is 12.8. The van der Waals surface area contributed by atoms with E-state index in [1.807, 2.05) is 0 Å². The van der Waals surface area contributed by atoms with E-state index >= 15 is 0 Å². The predicted molar refractivity (Wildman–Crippen MR) is 118 cm³/mol. The van der Waals surface area contributed by atoms with Gasteiger partial charge in [0.2, 0.25) is 0 Å². The highest BCUT2D eigenvalue weighted by atomic mass is 16.5. The van der Waals surface area contributed by atoms with Crippen molar-refractivity contribution in [1.29, 1.82) is 0 Å². The number of guanidine groups is 1. The summed E-state index contributed by atoms with van der Waals surface area (Å²) in [5.74, 6) is 1.52. The van der Waals surface area contributed by atoms with Crippen LogP contribution in [0.4, 0.5) is 0 Å². The number of nitrogens with one attached hydrogen (secondary N) is 2. The van der Waals surface area contributed by atoms with Crippen LogP contribution in [0.2, 0.25) is 0 Å². The Balaban J connectivity index is 1.37. The molecule has 2 unspecified atom stereocenters. The van der Waals surface area contributed by atoms with Gasteiger partial charge >= 0.3 is 0 Å². The number of hydrogen-bond donors (Lipinski definition) is 2. The SMILES string of the molecule is CCNC(=NCCCOCC1CCOC1)NC1CCCN(Cc2ccccc2)C1. The van der Waals surface area contributed by atoms with Gasteiger partial charge in [-0.1, -0.05) is 30.3 Å². The van der Waals surface area contributed by atoms with Crippen LogP contribution in [0.1, 0.15) is 38.2 Å². The van der Waals surface area contributed by atoms with Crippen molar-refractivity contribution in [1.82, 2.24) is 15.5 Å². The molecular formula is C23H38N4O2. The molecule has 0 bridgehead atoms. The summed E-state index contributed by atoms with van der Waals surface area (Å²) in [5, 5.41) is 7.04. The molecule has 1 aromatic carbocycles. The van der Waals surface area contributed by atoms with Crippen LogP contribution in [0.3, 0.4) is 0 Å². The summed E-state index contributed by atoms with van der Waals surface area (Å²) in [6.45, 7) is 10.4. The lowest BCUT2D eigenvalue weighted by Crippen LogP contribution is -2.51. The molecule has 2 saturated heterocycles. The van der Waals surface area contributed by atoms with E-state index < -0.39 is 0 Å². The molecule has 0 spiro atoms. The molecule has 162 valence electrons. The van der Waals surface area contributed by atoms with Crippen molar-refractivity contribution in [3.05, 3.63) is 35.9 Å². The third-order valence-corrected chi connectivity index (χ3v) is 5.53. The predicted octanol–water partition coefficient (Wildman–Crippen LogP) is 2.65. The zero-order valence-corrected chi connectivity index (χ0v) is 17.9. The fourth-order valence-electron chi connectivity index (χ4n) is 3.99. The smallest absolute Gasteiger partial charge is 0.191 e. The van der Waals surface area contributed by atoms with Gasteiger partial charge in [-0.25, -0.2) is 0 Å². The Labute approximate surface area is 176 Å². The van der Waals surface area contributed by atoms with Crippen molar-refractivity contribution >= 4 is 5.96 Å². The van der Waals surface area contributed by atoms with E-state index in [0.717, 1.165) is 71.4 Å². The number of rotatable bonds is 10. The number of nitrogens with zero attached hydrogens (tertiary/aromatic N) is 2. The summed E-state index contributed by atoms with van der Waals surface area (Å²) in [6, 6.07) is 11.2. The van der Waals surface area contributed by atoms with Gasteiger partial charge in [-0.15, -0.1) is 0 Å². The second-order valence-corrected chi connectivity index (χ2v) is 8.12. The van der Waals surface area contributed by atoms with Crippen molar-refractivity contribution in [2.75, 3.05) is 52.6 Å². The van der Waals surface area contributed by atoms with Crippen LogP contribution in [0, 0.1) is 5.92 Å². The Bertz CT molecular complexity index is 590. The van der Waals surface area contributed by atoms with Crippen LogP contribution in [-0.2, 0) is 16.0 Å². The van der Waals surface area contributed by atoms with E-state index in [-0.39, 0.29) is 0 Å². The minimum absolute atomic E-state index is 0.448. The first kappa shape index (κ1) is 22.1. The Morgan fingerprint density at radius 1 is 1.28 bits per heavy atom. The molecule has 1 aromatic rings. The summed E-state index contributed by atoms with van der Waals surface area (Å²) in [4.78, 5) is 7.30. The van der Waals surface area contributed by atoms with Crippen molar-refractivity contribution < 1.29 is 9.47 Å². The van der Waals surface area contributed by atoms with E-state index in [1.165, 1.54) is 24.9 Å². The van der Waals surface area contributed by atoms with Gasteiger partial charge in [0.15, 0.2) is 5.96 Å². The van der Waals surface area contributed by atoms with Crippen LogP contribution in [0.25, 0.3) is 0 Å². The standard InChI is InChI=1S/C23H38N4O2/c1-2-24-23(25-12-7-14-28-18-21-11-15-29-19-21)26-22-10-6-13-27(17-22)16-20-8-4-3-5-9-20/h3-5,8-9,21-22H,2,6-7,10-19H2,1H3,(H2,24,25,26). The molecule has 0 aromatic heterocycles. The first-order valence-corrected chi connectivity index (χ1v) is 11.3. The summed E-state index contributed by atoms with van der Waals surface area (Å²) in [7, 11) is 0. The summed E-state index contributed by atoms with van der Waals surface area (Å²) < 4.78 is 11.2. The van der Waals surface area contributed by atoms with Gasteiger partial charge in [0.1, 0.15) is 0 Å². The molecule has 6 nitrogen and oxygen atoms in total. The molecule has 2 N–H and O–H groups in total. The number of benzene rings is 1. The minimum atomic E-state index is 0.448. The normalized spacial score (nSPS) is 23.3. The number of hydrogen-bond acceptors (Lipinski definition) is 4. The maximum Gasteiger partial charge on any atom is 0.191 e. The number of likely N-dealkylation sites (tertiary alicyclic amines) is 1. The first-order valence-electron chi connectivity index (χ1n) is 11.3. The second-order valence-electron chi connectivity index (χ2n) is 8.12. The van der Waals surface area contributed by atoms with Crippen molar-refractivity contribution in [2.45, 2.75) is 45.2 Å². The maximum absolute atomic E-state index is 5.78. The fraction of sp³-hybridized carbons (Fsp3) is 0.696. The maximum atomic E-state index is 5.78. The van der Waals surface area contributed by atoms with Crippen LogP contribution in [-0.4, -0.2) is 69.5 Å². The molecule has 2 fully saturated rings. The van der Waals surface area contributed by atoms with E-state index in [9.17, 15) is 0 Å². The van der Waals surface area contributed by atoms with Crippen molar-refractivity contribution in [2.24, 2.45) is 10.9 Å². The van der Waals surface area contributed by atoms with E-state index in [4.69, 9.17) is 14.5 Å². The van der Waals surface area contributed by atoms with E-state index in [0.29, 0.717) is 12.0 Å². The first-order chi connectivity index (χ1) is 14.3. The molecule has 0 amide bonds. The molecule has 2 aliphatic heterocycles. The lowest BCUT2D eigenvalue weighted by Gasteiger charge is -2.34.